The molecule has 0 aliphatic carbocycles. The molecule has 2 heterocycles. The predicted octanol–water partition coefficient (Wildman–Crippen LogP) is 3.02. The molecule has 29 heavy (non-hydrogen) atoms. The van der Waals surface area contributed by atoms with Crippen molar-refractivity contribution in [2.24, 2.45) is 5.92 Å². The molecule has 0 atom stereocenters. The number of carbonyl (C=O) groups is 2. The van der Waals surface area contributed by atoms with Crippen molar-refractivity contribution in [3.05, 3.63) is 40.7 Å². The lowest BCUT2D eigenvalue weighted by molar-refractivity contribution is -0.151. The van der Waals surface area contributed by atoms with Crippen LogP contribution < -0.4 is 4.90 Å². The lowest BCUT2D eigenvalue weighted by atomic mass is 9.97. The summed E-state index contributed by atoms with van der Waals surface area (Å²) in [5.74, 6) is 0.500. The zero-order valence-electron chi connectivity index (χ0n) is 16.6. The van der Waals surface area contributed by atoms with E-state index < -0.39 is 0 Å². The van der Waals surface area contributed by atoms with E-state index in [-0.39, 0.29) is 24.3 Å². The van der Waals surface area contributed by atoms with Crippen LogP contribution in [0.5, 0.6) is 0 Å². The van der Waals surface area contributed by atoms with E-state index in [0.29, 0.717) is 49.1 Å². The Kier molecular flexibility index (Phi) is 7.44. The largest absolute Gasteiger partial charge is 0.466 e. The van der Waals surface area contributed by atoms with Crippen molar-refractivity contribution in [2.45, 2.75) is 26.2 Å². The molecule has 0 bridgehead atoms. The van der Waals surface area contributed by atoms with Gasteiger partial charge in [-0.05, 0) is 37.5 Å². The fourth-order valence-corrected chi connectivity index (χ4v) is 4.02. The van der Waals surface area contributed by atoms with E-state index >= 15 is 0 Å². The first kappa shape index (κ1) is 21.5. The van der Waals surface area contributed by atoms with Gasteiger partial charge in [0.2, 0.25) is 11.0 Å². The number of benzene rings is 1. The lowest BCUT2D eigenvalue weighted by Crippen LogP contribution is -2.44. The highest BCUT2D eigenvalue weighted by molar-refractivity contribution is 7.09. The third kappa shape index (κ3) is 5.90. The zero-order chi connectivity index (χ0) is 20.8. The van der Waals surface area contributed by atoms with Crippen LogP contribution in [0.15, 0.2) is 24.3 Å². The summed E-state index contributed by atoms with van der Waals surface area (Å²) in [5.41, 5.74) is 1.09. The summed E-state index contributed by atoms with van der Waals surface area (Å²) >= 11 is 7.20. The number of halogens is 1. The summed E-state index contributed by atoms with van der Waals surface area (Å²) in [6.07, 6.45) is 1.92. The van der Waals surface area contributed by atoms with E-state index in [0.717, 1.165) is 11.4 Å². The first-order valence-electron chi connectivity index (χ1n) is 9.68. The van der Waals surface area contributed by atoms with Crippen molar-refractivity contribution in [1.82, 2.24) is 14.3 Å². The summed E-state index contributed by atoms with van der Waals surface area (Å²) in [6, 6.07) is 7.60. The highest BCUT2D eigenvalue weighted by Crippen LogP contribution is 2.21. The maximum Gasteiger partial charge on any atom is 0.309 e. The van der Waals surface area contributed by atoms with E-state index in [1.807, 2.05) is 41.1 Å². The molecule has 9 heteroatoms. The Morgan fingerprint density at radius 1 is 1.28 bits per heavy atom. The first-order valence-corrected chi connectivity index (χ1v) is 10.8. The maximum absolute atomic E-state index is 12.6. The first-order chi connectivity index (χ1) is 14.0. The maximum atomic E-state index is 12.6. The Balaban J connectivity index is 1.49. The quantitative estimate of drug-likeness (QED) is 0.621. The number of likely N-dealkylation sites (N-methyl/N-ethyl adjacent to an activating group) is 1. The molecule has 1 aliphatic rings. The van der Waals surface area contributed by atoms with Crippen LogP contribution >= 0.6 is 23.1 Å². The van der Waals surface area contributed by atoms with Crippen LogP contribution in [0.1, 0.15) is 31.2 Å². The van der Waals surface area contributed by atoms with Crippen molar-refractivity contribution in [1.29, 1.82) is 0 Å². The number of aromatic nitrogens is 2. The van der Waals surface area contributed by atoms with Crippen molar-refractivity contribution < 1.29 is 14.3 Å². The van der Waals surface area contributed by atoms with Gasteiger partial charge >= 0.3 is 5.97 Å². The van der Waals surface area contributed by atoms with Crippen LogP contribution in [0.4, 0.5) is 5.13 Å². The molecule has 0 spiro atoms. The van der Waals surface area contributed by atoms with Crippen molar-refractivity contribution in [3.63, 3.8) is 0 Å². The monoisotopic (exact) mass is 436 g/mol. The summed E-state index contributed by atoms with van der Waals surface area (Å²) in [6.45, 7) is 3.59. The summed E-state index contributed by atoms with van der Waals surface area (Å²) < 4.78 is 9.48. The van der Waals surface area contributed by atoms with Crippen molar-refractivity contribution >= 4 is 40.1 Å². The second-order valence-corrected chi connectivity index (χ2v) is 8.23. The number of amides is 1. The molecule has 1 fully saturated rings. The smallest absolute Gasteiger partial charge is 0.309 e. The van der Waals surface area contributed by atoms with E-state index in [1.54, 1.807) is 6.92 Å². The van der Waals surface area contributed by atoms with Crippen LogP contribution in [-0.2, 0) is 20.7 Å². The van der Waals surface area contributed by atoms with Gasteiger partial charge in [-0.2, -0.15) is 4.37 Å². The van der Waals surface area contributed by atoms with Gasteiger partial charge in [-0.3, -0.25) is 9.59 Å². The van der Waals surface area contributed by atoms with Gasteiger partial charge < -0.3 is 14.5 Å². The van der Waals surface area contributed by atoms with Crippen LogP contribution in [0, 0.1) is 5.92 Å². The van der Waals surface area contributed by atoms with Crippen LogP contribution in [0.3, 0.4) is 0 Å². The van der Waals surface area contributed by atoms with Crippen molar-refractivity contribution in [3.8, 4) is 0 Å². The molecule has 1 amide bonds. The lowest BCUT2D eigenvalue weighted by Gasteiger charge is -2.32. The second-order valence-electron chi connectivity index (χ2n) is 7.06. The van der Waals surface area contributed by atoms with E-state index in [4.69, 9.17) is 16.3 Å². The van der Waals surface area contributed by atoms with Crippen LogP contribution in [0.25, 0.3) is 0 Å². The number of hydrogen-bond donors (Lipinski definition) is 0. The molecule has 2 aromatic rings. The highest BCUT2D eigenvalue weighted by Gasteiger charge is 2.28. The number of carbonyl (C=O) groups excluding carboxylic acids is 2. The Labute approximate surface area is 179 Å². The van der Waals surface area contributed by atoms with Gasteiger partial charge in [0.25, 0.3) is 0 Å². The SMILES string of the molecule is CCOC(=O)C1CCN(C(=O)CN(C)c2nc(Cc3ccc(Cl)cc3)ns2)CC1. The second kappa shape index (κ2) is 10.0. The van der Waals surface area contributed by atoms with Gasteiger partial charge in [-0.25, -0.2) is 4.98 Å². The zero-order valence-corrected chi connectivity index (χ0v) is 18.2. The summed E-state index contributed by atoms with van der Waals surface area (Å²) in [7, 11) is 1.84. The topological polar surface area (TPSA) is 75.6 Å². The Hall–Kier alpha value is -2.19. The Bertz CT molecular complexity index is 835. The molecule has 1 aromatic carbocycles. The minimum atomic E-state index is -0.154. The molecule has 7 nitrogen and oxygen atoms in total. The highest BCUT2D eigenvalue weighted by atomic mass is 35.5. The number of rotatable bonds is 7. The number of hydrogen-bond acceptors (Lipinski definition) is 7. The molecule has 156 valence electrons. The van der Waals surface area contributed by atoms with Gasteiger partial charge in [0.15, 0.2) is 0 Å². The fraction of sp³-hybridized carbons (Fsp3) is 0.500. The molecule has 1 aromatic heterocycles. The Morgan fingerprint density at radius 3 is 2.62 bits per heavy atom. The summed E-state index contributed by atoms with van der Waals surface area (Å²) in [4.78, 5) is 32.6. The molecule has 3 rings (SSSR count). The standard InChI is InChI=1S/C20H25ClN4O3S/c1-3-28-19(27)15-8-10-25(11-9-15)18(26)13-24(2)20-22-17(23-29-20)12-14-4-6-16(21)7-5-14/h4-7,15H,3,8-13H2,1-2H3. The van der Waals surface area contributed by atoms with E-state index in [9.17, 15) is 9.59 Å². The predicted molar refractivity (Wildman–Crippen MR) is 113 cm³/mol. The summed E-state index contributed by atoms with van der Waals surface area (Å²) in [5, 5.41) is 1.41. The normalized spacial score (nSPS) is 14.7. The third-order valence-electron chi connectivity index (χ3n) is 4.90. The van der Waals surface area contributed by atoms with Gasteiger partial charge in [0.1, 0.15) is 5.82 Å². The molecular weight excluding hydrogens is 412 g/mol. The Morgan fingerprint density at radius 2 is 1.97 bits per heavy atom. The average molecular weight is 437 g/mol. The molecule has 0 N–H and O–H groups in total. The molecule has 1 saturated heterocycles. The minimum absolute atomic E-state index is 0.0317. The number of likely N-dealkylation sites (tertiary alicyclic amines) is 1. The van der Waals surface area contributed by atoms with Gasteiger partial charge in [-0.1, -0.05) is 23.7 Å². The fourth-order valence-electron chi connectivity index (χ4n) is 3.25. The molecule has 0 radical (unpaired) electrons. The van der Waals surface area contributed by atoms with Gasteiger partial charge in [0, 0.05) is 43.1 Å². The molecule has 0 unspecified atom stereocenters. The minimum Gasteiger partial charge on any atom is -0.466 e. The number of anilines is 1. The average Bonchev–Trinajstić information content (AvgIpc) is 3.18. The molecular formula is C20H25ClN4O3S. The third-order valence-corrected chi connectivity index (χ3v) is 6.02. The van der Waals surface area contributed by atoms with Gasteiger partial charge in [-0.15, -0.1) is 0 Å². The van der Waals surface area contributed by atoms with Crippen LogP contribution in [0.2, 0.25) is 5.02 Å². The number of esters is 1. The number of nitrogens with zero attached hydrogens (tertiary/aromatic N) is 4. The van der Waals surface area contributed by atoms with Gasteiger partial charge in [0.05, 0.1) is 19.1 Å². The number of ether oxygens (including phenoxy) is 1. The van der Waals surface area contributed by atoms with Crippen molar-refractivity contribution in [2.75, 3.05) is 38.2 Å². The van der Waals surface area contributed by atoms with Crippen LogP contribution in [-0.4, -0.2) is 59.4 Å². The molecule has 0 saturated carbocycles. The van der Waals surface area contributed by atoms with E-state index in [1.165, 1.54) is 11.5 Å². The molecule has 1 aliphatic heterocycles. The van der Waals surface area contributed by atoms with E-state index in [2.05, 4.69) is 9.36 Å². The number of piperidine rings is 1.